The summed E-state index contributed by atoms with van der Waals surface area (Å²) in [6.07, 6.45) is 8.61. The van der Waals surface area contributed by atoms with E-state index < -0.39 is 0 Å². The van der Waals surface area contributed by atoms with Crippen molar-refractivity contribution >= 4 is 0 Å². The highest BCUT2D eigenvalue weighted by molar-refractivity contribution is 5.39. The van der Waals surface area contributed by atoms with E-state index in [1.807, 2.05) is 0 Å². The summed E-state index contributed by atoms with van der Waals surface area (Å²) in [6, 6.07) is 0. The molecule has 0 fully saturated rings. The maximum Gasteiger partial charge on any atom is 0.106 e. The summed E-state index contributed by atoms with van der Waals surface area (Å²) in [6.45, 7) is 6.33. The van der Waals surface area contributed by atoms with Crippen LogP contribution in [0.2, 0.25) is 0 Å². The summed E-state index contributed by atoms with van der Waals surface area (Å²) in [7, 11) is 0. The molecule has 0 bridgehead atoms. The lowest BCUT2D eigenvalue weighted by Gasteiger charge is -2.16. The van der Waals surface area contributed by atoms with Gasteiger partial charge in [0.25, 0.3) is 0 Å². The Kier molecular flexibility index (Phi) is 1.78. The van der Waals surface area contributed by atoms with Crippen LogP contribution in [0.4, 0.5) is 0 Å². The zero-order valence-corrected chi connectivity index (χ0v) is 7.14. The molecule has 0 atom stereocenters. The van der Waals surface area contributed by atoms with Crippen LogP contribution in [-0.2, 0) is 5.41 Å². The molecule has 1 rings (SSSR count). The van der Waals surface area contributed by atoms with Crippen molar-refractivity contribution in [1.82, 2.24) is 0 Å². The second kappa shape index (κ2) is 2.47. The Labute approximate surface area is 67.4 Å². The van der Waals surface area contributed by atoms with Crippen molar-refractivity contribution in [2.24, 2.45) is 0 Å². The fraction of sp³-hybridized carbons (Fsp3) is 0.400. The first-order valence-corrected chi connectivity index (χ1v) is 3.59. The van der Waals surface area contributed by atoms with Crippen LogP contribution in [0.15, 0.2) is 16.9 Å². The first-order chi connectivity index (χ1) is 5.05. The van der Waals surface area contributed by atoms with E-state index in [2.05, 4.69) is 26.7 Å². The first kappa shape index (κ1) is 7.94. The first-order valence-electron chi connectivity index (χ1n) is 3.59. The molecule has 0 saturated carbocycles. The van der Waals surface area contributed by atoms with Gasteiger partial charge in [-0.25, -0.2) is 0 Å². The normalized spacial score (nSPS) is 11.1. The molecule has 1 aromatic heterocycles. The molecule has 0 aliphatic heterocycles. The van der Waals surface area contributed by atoms with E-state index in [1.165, 1.54) is 0 Å². The lowest BCUT2D eigenvalue weighted by atomic mass is 9.87. The van der Waals surface area contributed by atoms with Crippen molar-refractivity contribution in [2.45, 2.75) is 26.2 Å². The van der Waals surface area contributed by atoms with E-state index in [0.717, 1.165) is 11.1 Å². The molecule has 1 heteroatoms. The van der Waals surface area contributed by atoms with Gasteiger partial charge in [0.15, 0.2) is 0 Å². The van der Waals surface area contributed by atoms with E-state index in [-0.39, 0.29) is 5.41 Å². The number of hydrogen-bond donors (Lipinski definition) is 0. The fourth-order valence-electron chi connectivity index (χ4n) is 0.990. The number of furan rings is 1. The zero-order chi connectivity index (χ0) is 8.48. The van der Waals surface area contributed by atoms with Crippen LogP contribution in [0, 0.1) is 12.3 Å². The molecule has 1 nitrogen and oxygen atoms in total. The van der Waals surface area contributed by atoms with Gasteiger partial charge >= 0.3 is 0 Å². The lowest BCUT2D eigenvalue weighted by molar-refractivity contribution is 0.537. The van der Waals surface area contributed by atoms with Crippen LogP contribution in [0.3, 0.4) is 0 Å². The van der Waals surface area contributed by atoms with Gasteiger partial charge in [-0.3, -0.25) is 0 Å². The van der Waals surface area contributed by atoms with Crippen molar-refractivity contribution < 1.29 is 4.42 Å². The Morgan fingerprint density at radius 2 is 2.00 bits per heavy atom. The molecular weight excluding hydrogens is 136 g/mol. The van der Waals surface area contributed by atoms with Crippen LogP contribution < -0.4 is 0 Å². The van der Waals surface area contributed by atoms with Crippen LogP contribution in [0.25, 0.3) is 0 Å². The highest BCUT2D eigenvalue weighted by Crippen LogP contribution is 2.25. The summed E-state index contributed by atoms with van der Waals surface area (Å²) in [5.74, 6) is 2.59. The molecule has 1 heterocycles. The van der Waals surface area contributed by atoms with E-state index in [4.69, 9.17) is 10.8 Å². The summed E-state index contributed by atoms with van der Waals surface area (Å²) in [4.78, 5) is 0. The molecule has 0 aromatic carbocycles. The predicted molar refractivity (Wildman–Crippen MR) is 45.3 cm³/mol. The number of terminal acetylenes is 1. The van der Waals surface area contributed by atoms with Gasteiger partial charge in [-0.2, -0.15) is 0 Å². The average molecular weight is 148 g/mol. The Bertz CT molecular complexity index is 281. The molecule has 58 valence electrons. The maximum absolute atomic E-state index is 5.28. The minimum absolute atomic E-state index is 0.0781. The molecule has 0 radical (unpaired) electrons. The molecule has 11 heavy (non-hydrogen) atoms. The molecular formula is C10H12O. The minimum atomic E-state index is 0.0781. The quantitative estimate of drug-likeness (QED) is 0.515. The van der Waals surface area contributed by atoms with Gasteiger partial charge in [0.2, 0.25) is 0 Å². The molecule has 0 spiro atoms. The monoisotopic (exact) mass is 148 g/mol. The Morgan fingerprint density at radius 1 is 1.36 bits per heavy atom. The van der Waals surface area contributed by atoms with Crippen molar-refractivity contribution in [3.63, 3.8) is 0 Å². The van der Waals surface area contributed by atoms with Crippen molar-refractivity contribution in [2.75, 3.05) is 0 Å². The third-order valence-corrected chi connectivity index (χ3v) is 1.63. The lowest BCUT2D eigenvalue weighted by Crippen LogP contribution is -2.11. The molecule has 0 unspecified atom stereocenters. The van der Waals surface area contributed by atoms with E-state index >= 15 is 0 Å². The molecule has 1 aromatic rings. The molecule has 0 N–H and O–H groups in total. The predicted octanol–water partition coefficient (Wildman–Crippen LogP) is 2.56. The van der Waals surface area contributed by atoms with Crippen LogP contribution >= 0.6 is 0 Å². The standard InChI is InChI=1S/C10H12O/c1-5-8-6-11-7-9(8)10(2,3)4/h1,6-7H,2-4H3. The van der Waals surface area contributed by atoms with Crippen LogP contribution in [0.5, 0.6) is 0 Å². The largest absolute Gasteiger partial charge is 0.471 e. The number of hydrogen-bond acceptors (Lipinski definition) is 1. The SMILES string of the molecule is C#Cc1cocc1C(C)(C)C. The van der Waals surface area contributed by atoms with Crippen molar-refractivity contribution in [3.05, 3.63) is 23.7 Å². The highest BCUT2D eigenvalue weighted by Gasteiger charge is 2.18. The van der Waals surface area contributed by atoms with E-state index in [0.29, 0.717) is 0 Å². The Hall–Kier alpha value is -1.16. The molecule has 0 aliphatic rings. The van der Waals surface area contributed by atoms with Gasteiger partial charge in [0.05, 0.1) is 11.8 Å². The summed E-state index contributed by atoms with van der Waals surface area (Å²) in [5, 5.41) is 0. The van der Waals surface area contributed by atoms with Gasteiger partial charge in [-0.1, -0.05) is 26.7 Å². The average Bonchev–Trinajstić information content (AvgIpc) is 2.31. The molecule has 0 aliphatic carbocycles. The third kappa shape index (κ3) is 1.46. The zero-order valence-electron chi connectivity index (χ0n) is 7.14. The van der Waals surface area contributed by atoms with Gasteiger partial charge < -0.3 is 4.42 Å². The third-order valence-electron chi connectivity index (χ3n) is 1.63. The van der Waals surface area contributed by atoms with Gasteiger partial charge in [0.1, 0.15) is 6.26 Å². The summed E-state index contributed by atoms with van der Waals surface area (Å²) < 4.78 is 5.02. The van der Waals surface area contributed by atoms with E-state index in [1.54, 1.807) is 12.5 Å². The summed E-state index contributed by atoms with van der Waals surface area (Å²) >= 11 is 0. The van der Waals surface area contributed by atoms with Gasteiger partial charge in [-0.05, 0) is 5.41 Å². The van der Waals surface area contributed by atoms with Crippen molar-refractivity contribution in [1.29, 1.82) is 0 Å². The topological polar surface area (TPSA) is 13.1 Å². The van der Waals surface area contributed by atoms with Crippen LogP contribution in [0.1, 0.15) is 31.9 Å². The molecule has 0 amide bonds. The maximum atomic E-state index is 5.28. The van der Waals surface area contributed by atoms with Gasteiger partial charge in [0, 0.05) is 5.56 Å². The smallest absolute Gasteiger partial charge is 0.106 e. The van der Waals surface area contributed by atoms with Crippen LogP contribution in [-0.4, -0.2) is 0 Å². The number of rotatable bonds is 0. The highest BCUT2D eigenvalue weighted by atomic mass is 16.3. The summed E-state index contributed by atoms with van der Waals surface area (Å²) in [5.41, 5.74) is 2.03. The fourth-order valence-corrected chi connectivity index (χ4v) is 0.990. The van der Waals surface area contributed by atoms with E-state index in [9.17, 15) is 0 Å². The minimum Gasteiger partial charge on any atom is -0.471 e. The second-order valence-electron chi connectivity index (χ2n) is 3.59. The second-order valence-corrected chi connectivity index (χ2v) is 3.59. The molecule has 0 saturated heterocycles. The van der Waals surface area contributed by atoms with Crippen molar-refractivity contribution in [3.8, 4) is 12.3 Å². The Morgan fingerprint density at radius 3 is 2.36 bits per heavy atom. The van der Waals surface area contributed by atoms with Gasteiger partial charge in [-0.15, -0.1) is 6.42 Å². The Balaban J connectivity index is 3.15.